The summed E-state index contributed by atoms with van der Waals surface area (Å²) in [5, 5.41) is 0. The Morgan fingerprint density at radius 3 is 1.46 bits per heavy atom. The number of hydrogen-bond acceptors (Lipinski definition) is 11. The summed E-state index contributed by atoms with van der Waals surface area (Å²) < 4.78 is 53.4. The lowest BCUT2D eigenvalue weighted by molar-refractivity contribution is 0.0218. The van der Waals surface area contributed by atoms with Crippen LogP contribution in [0.25, 0.3) is 6.08 Å². The van der Waals surface area contributed by atoms with Crippen LogP contribution in [-0.4, -0.2) is 75.3 Å². The standard InChI is InChI=1S/C26H34O11/c1-18-9-21(33-13-28-2)25(22(10-18)34-14-29-3)20(27)8-7-19-11-23(35-15-30-4)26(37-17-32-6)24(12-19)36-16-31-5/h7-12H,13-17H2,1-6H3/b8-7+. The third kappa shape index (κ3) is 9.23. The van der Waals surface area contributed by atoms with Crippen LogP contribution < -0.4 is 23.7 Å². The van der Waals surface area contributed by atoms with Gasteiger partial charge in [0.25, 0.3) is 0 Å². The number of rotatable bonds is 18. The minimum atomic E-state index is -0.365. The van der Waals surface area contributed by atoms with Crippen molar-refractivity contribution in [2.24, 2.45) is 0 Å². The summed E-state index contributed by atoms with van der Waals surface area (Å²) in [7, 11) is 7.47. The van der Waals surface area contributed by atoms with E-state index in [0.717, 1.165) is 5.56 Å². The SMILES string of the molecule is COCOc1cc(/C=C/C(=O)c2c(OCOC)cc(C)cc2OCOC)cc(OCOC)c1OCOC. The zero-order chi connectivity index (χ0) is 27.0. The van der Waals surface area contributed by atoms with Gasteiger partial charge in [0.05, 0.1) is 0 Å². The molecule has 0 aliphatic carbocycles. The van der Waals surface area contributed by atoms with Gasteiger partial charge in [-0.25, -0.2) is 0 Å². The van der Waals surface area contributed by atoms with Crippen molar-refractivity contribution in [3.63, 3.8) is 0 Å². The molecule has 0 atom stereocenters. The number of allylic oxidation sites excluding steroid dienone is 1. The molecule has 11 nitrogen and oxygen atoms in total. The van der Waals surface area contributed by atoms with E-state index in [1.807, 2.05) is 6.92 Å². The quantitative estimate of drug-likeness (QED) is 0.162. The van der Waals surface area contributed by atoms with Gasteiger partial charge in [-0.3, -0.25) is 4.79 Å². The van der Waals surface area contributed by atoms with Crippen molar-refractivity contribution in [1.29, 1.82) is 0 Å². The molecule has 0 N–H and O–H groups in total. The second-order valence-corrected chi connectivity index (χ2v) is 7.43. The van der Waals surface area contributed by atoms with Gasteiger partial charge in [-0.1, -0.05) is 6.08 Å². The zero-order valence-electron chi connectivity index (χ0n) is 22.0. The maximum absolute atomic E-state index is 13.3. The topological polar surface area (TPSA) is 109 Å². The molecular weight excluding hydrogens is 488 g/mol. The smallest absolute Gasteiger partial charge is 0.206 e. The molecular formula is C26H34O11. The highest BCUT2D eigenvalue weighted by Gasteiger charge is 2.20. The zero-order valence-corrected chi connectivity index (χ0v) is 22.0. The predicted octanol–water partition coefficient (Wildman–Crippen LogP) is 3.80. The van der Waals surface area contributed by atoms with Crippen molar-refractivity contribution in [2.45, 2.75) is 6.92 Å². The Morgan fingerprint density at radius 2 is 1.03 bits per heavy atom. The second-order valence-electron chi connectivity index (χ2n) is 7.43. The van der Waals surface area contributed by atoms with E-state index in [1.165, 1.54) is 41.6 Å². The molecule has 0 spiro atoms. The van der Waals surface area contributed by atoms with E-state index in [9.17, 15) is 4.79 Å². The number of methoxy groups -OCH3 is 5. The molecule has 0 unspecified atom stereocenters. The van der Waals surface area contributed by atoms with Gasteiger partial charge < -0.3 is 47.4 Å². The normalized spacial score (nSPS) is 11.0. The molecule has 0 saturated heterocycles. The summed E-state index contributed by atoms with van der Waals surface area (Å²) in [4.78, 5) is 13.3. The lowest BCUT2D eigenvalue weighted by atomic mass is 10.0. The van der Waals surface area contributed by atoms with Gasteiger partial charge in [0, 0.05) is 35.5 Å². The highest BCUT2D eigenvalue weighted by atomic mass is 16.7. The summed E-state index contributed by atoms with van der Waals surface area (Å²) >= 11 is 0. The van der Waals surface area contributed by atoms with Crippen molar-refractivity contribution < 1.29 is 52.2 Å². The van der Waals surface area contributed by atoms with Crippen LogP contribution in [-0.2, 0) is 23.7 Å². The first-order valence-corrected chi connectivity index (χ1v) is 11.1. The largest absolute Gasteiger partial charge is 0.467 e. The Labute approximate surface area is 216 Å². The fraction of sp³-hybridized carbons (Fsp3) is 0.423. The molecule has 0 radical (unpaired) electrons. The average molecular weight is 523 g/mol. The Morgan fingerprint density at radius 1 is 0.622 bits per heavy atom. The fourth-order valence-electron chi connectivity index (χ4n) is 3.10. The molecule has 0 aromatic heterocycles. The minimum absolute atomic E-state index is 0.0388. The number of carbonyl (C=O) groups is 1. The number of aryl methyl sites for hydroxylation is 1. The Kier molecular flexibility index (Phi) is 13.2. The van der Waals surface area contributed by atoms with Gasteiger partial charge in [0.1, 0.15) is 17.1 Å². The van der Waals surface area contributed by atoms with E-state index >= 15 is 0 Å². The molecule has 0 heterocycles. The molecule has 37 heavy (non-hydrogen) atoms. The second kappa shape index (κ2) is 16.4. The van der Waals surface area contributed by atoms with Gasteiger partial charge in [-0.15, -0.1) is 0 Å². The van der Waals surface area contributed by atoms with Crippen molar-refractivity contribution in [3.8, 4) is 28.7 Å². The molecule has 204 valence electrons. The molecule has 0 aliphatic heterocycles. The molecule has 0 saturated carbocycles. The Bertz CT molecular complexity index is 962. The maximum Gasteiger partial charge on any atom is 0.206 e. The Balaban J connectivity index is 2.49. The monoisotopic (exact) mass is 522 g/mol. The van der Waals surface area contributed by atoms with Crippen LogP contribution in [0.3, 0.4) is 0 Å². The first-order chi connectivity index (χ1) is 18.0. The van der Waals surface area contributed by atoms with Gasteiger partial charge in [0.2, 0.25) is 5.75 Å². The number of benzene rings is 2. The van der Waals surface area contributed by atoms with Crippen molar-refractivity contribution in [1.82, 2.24) is 0 Å². The van der Waals surface area contributed by atoms with Crippen LogP contribution in [0.2, 0.25) is 0 Å². The van der Waals surface area contributed by atoms with E-state index in [4.69, 9.17) is 47.4 Å². The summed E-state index contributed by atoms with van der Waals surface area (Å²) in [6, 6.07) is 6.81. The first-order valence-electron chi connectivity index (χ1n) is 11.1. The third-order valence-electron chi connectivity index (χ3n) is 4.58. The van der Waals surface area contributed by atoms with Gasteiger partial charge in [0.15, 0.2) is 51.2 Å². The molecule has 0 aliphatic rings. The highest BCUT2D eigenvalue weighted by Crippen LogP contribution is 2.40. The van der Waals surface area contributed by atoms with E-state index in [1.54, 1.807) is 30.3 Å². The lowest BCUT2D eigenvalue weighted by Gasteiger charge is -2.17. The third-order valence-corrected chi connectivity index (χ3v) is 4.58. The number of carbonyl (C=O) groups excluding carboxylic acids is 1. The van der Waals surface area contributed by atoms with E-state index < -0.39 is 0 Å². The van der Waals surface area contributed by atoms with Crippen molar-refractivity contribution >= 4 is 11.9 Å². The molecule has 0 amide bonds. The van der Waals surface area contributed by atoms with Gasteiger partial charge >= 0.3 is 0 Å². The van der Waals surface area contributed by atoms with E-state index in [0.29, 0.717) is 34.3 Å². The molecule has 0 fully saturated rings. The highest BCUT2D eigenvalue weighted by molar-refractivity contribution is 6.10. The van der Waals surface area contributed by atoms with Crippen molar-refractivity contribution in [2.75, 3.05) is 69.5 Å². The van der Waals surface area contributed by atoms with Crippen LogP contribution in [0, 0.1) is 6.92 Å². The van der Waals surface area contributed by atoms with Crippen LogP contribution in [0.1, 0.15) is 21.5 Å². The predicted molar refractivity (Wildman–Crippen MR) is 134 cm³/mol. The van der Waals surface area contributed by atoms with Gasteiger partial charge in [-0.05, 0) is 48.4 Å². The van der Waals surface area contributed by atoms with E-state index in [-0.39, 0.29) is 45.3 Å². The van der Waals surface area contributed by atoms with Gasteiger partial charge in [-0.2, -0.15) is 0 Å². The molecule has 2 aromatic rings. The number of hydrogen-bond donors (Lipinski definition) is 0. The lowest BCUT2D eigenvalue weighted by Crippen LogP contribution is -2.09. The molecule has 2 rings (SSSR count). The molecule has 11 heteroatoms. The molecule has 2 aromatic carbocycles. The fourth-order valence-corrected chi connectivity index (χ4v) is 3.10. The average Bonchev–Trinajstić information content (AvgIpc) is 2.90. The van der Waals surface area contributed by atoms with Crippen molar-refractivity contribution in [3.05, 3.63) is 47.0 Å². The Hall–Kier alpha value is -3.35. The van der Waals surface area contributed by atoms with Crippen LogP contribution in [0.15, 0.2) is 30.3 Å². The summed E-state index contributed by atoms with van der Waals surface area (Å²) in [5.41, 5.74) is 1.65. The van der Waals surface area contributed by atoms with Crippen LogP contribution >= 0.6 is 0 Å². The number of ketones is 1. The summed E-state index contributed by atoms with van der Waals surface area (Å²) in [6.07, 6.45) is 2.98. The summed E-state index contributed by atoms with van der Waals surface area (Å²) in [6.45, 7) is 1.66. The van der Waals surface area contributed by atoms with Crippen LogP contribution in [0.4, 0.5) is 0 Å². The minimum Gasteiger partial charge on any atom is -0.467 e. The first kappa shape index (κ1) is 29.9. The van der Waals surface area contributed by atoms with E-state index in [2.05, 4.69) is 0 Å². The van der Waals surface area contributed by atoms with Crippen LogP contribution in [0.5, 0.6) is 28.7 Å². The number of ether oxygens (including phenoxy) is 10. The molecule has 0 bridgehead atoms. The summed E-state index contributed by atoms with van der Waals surface area (Å²) in [5.74, 6) is 1.21. The maximum atomic E-state index is 13.3.